The van der Waals surface area contributed by atoms with Crippen LogP contribution in [0.4, 0.5) is 0 Å². The fourth-order valence-electron chi connectivity index (χ4n) is 2.93. The van der Waals surface area contributed by atoms with E-state index in [-0.39, 0.29) is 5.91 Å². The molecule has 0 aromatic carbocycles. The number of thiophene rings is 1. The molecule has 0 atom stereocenters. The van der Waals surface area contributed by atoms with Gasteiger partial charge in [-0.1, -0.05) is 6.07 Å². The third-order valence-electron chi connectivity index (χ3n) is 4.77. The second kappa shape index (κ2) is 8.75. The van der Waals surface area contributed by atoms with E-state index in [1.54, 1.807) is 6.20 Å². The van der Waals surface area contributed by atoms with Crippen molar-refractivity contribution in [1.82, 2.24) is 14.8 Å². The number of fused-ring (bicyclic) bond motifs is 1. The Morgan fingerprint density at radius 2 is 2.27 bits per heavy atom. The van der Waals surface area contributed by atoms with Gasteiger partial charge in [-0.05, 0) is 50.6 Å². The van der Waals surface area contributed by atoms with Crippen LogP contribution in [0.1, 0.15) is 34.7 Å². The number of ether oxygens (including phenoxy) is 1. The zero-order valence-electron chi connectivity index (χ0n) is 15.8. The van der Waals surface area contributed by atoms with E-state index in [1.165, 1.54) is 15.3 Å². The number of nitrogens with zero attached hydrogens (tertiary/aromatic N) is 3. The second-order valence-corrected chi connectivity index (χ2v) is 8.31. The summed E-state index contributed by atoms with van der Waals surface area (Å²) in [4.78, 5) is 23.3. The number of hydrogen-bond acceptors (Lipinski definition) is 5. The first-order valence-electron chi connectivity index (χ1n) is 9.08. The highest BCUT2D eigenvalue weighted by atomic mass is 32.1. The molecule has 6 heteroatoms. The highest BCUT2D eigenvalue weighted by Gasteiger charge is 2.24. The molecule has 1 amide bonds. The molecule has 0 N–H and O–H groups in total. The lowest BCUT2D eigenvalue weighted by atomic mass is 10.1. The van der Waals surface area contributed by atoms with Gasteiger partial charge in [-0.3, -0.25) is 14.7 Å². The number of amides is 1. The Hall–Kier alpha value is -1.76. The maximum atomic E-state index is 12.5. The molecule has 26 heavy (non-hydrogen) atoms. The fraction of sp³-hybridized carbons (Fsp3) is 0.500. The van der Waals surface area contributed by atoms with Crippen LogP contribution in [-0.2, 0) is 35.7 Å². The molecule has 0 aliphatic carbocycles. The van der Waals surface area contributed by atoms with Gasteiger partial charge in [-0.2, -0.15) is 0 Å². The molecule has 2 aromatic rings. The van der Waals surface area contributed by atoms with Crippen LogP contribution in [0.25, 0.3) is 0 Å². The average Bonchev–Trinajstić information content (AvgIpc) is 3.04. The van der Waals surface area contributed by atoms with E-state index in [4.69, 9.17) is 4.74 Å². The number of hydrogen-bond donors (Lipinski definition) is 0. The number of rotatable bonds is 7. The Morgan fingerprint density at radius 1 is 1.42 bits per heavy atom. The number of likely N-dealkylation sites (N-methyl/N-ethyl adjacent to an activating group) is 1. The molecule has 140 valence electrons. The molecule has 0 unspecified atom stereocenters. The lowest BCUT2D eigenvalue weighted by Crippen LogP contribution is -2.43. The zero-order valence-corrected chi connectivity index (χ0v) is 16.6. The molecule has 1 aliphatic rings. The van der Waals surface area contributed by atoms with Gasteiger partial charge in [0.25, 0.3) is 0 Å². The minimum Gasteiger partial charge on any atom is -0.371 e. The van der Waals surface area contributed by atoms with Crippen LogP contribution in [0.3, 0.4) is 0 Å². The summed E-state index contributed by atoms with van der Waals surface area (Å²) in [6.45, 7) is 7.42. The van der Waals surface area contributed by atoms with Gasteiger partial charge in [0.1, 0.15) is 0 Å². The van der Waals surface area contributed by atoms with Crippen LogP contribution in [-0.4, -0.2) is 46.9 Å². The zero-order chi connectivity index (χ0) is 18.5. The van der Waals surface area contributed by atoms with Crippen molar-refractivity contribution in [2.24, 2.45) is 0 Å². The molecule has 3 rings (SSSR count). The Balaban J connectivity index is 1.52. The second-order valence-electron chi connectivity index (χ2n) is 7.09. The summed E-state index contributed by atoms with van der Waals surface area (Å²) in [5.41, 5.74) is 2.36. The standard InChI is InChI=1S/C20H27N3O2S/c1-15(2)22(3)12-20(24)23-8-6-19-17(11-23)9-18(26-19)14-25-13-16-5-4-7-21-10-16/h4-5,7,9-10,15H,6,8,11-14H2,1-3H3. The molecule has 2 aromatic heterocycles. The van der Waals surface area contributed by atoms with Gasteiger partial charge in [-0.15, -0.1) is 11.3 Å². The van der Waals surface area contributed by atoms with Gasteiger partial charge in [-0.25, -0.2) is 0 Å². The van der Waals surface area contributed by atoms with Crippen LogP contribution in [0.15, 0.2) is 30.6 Å². The minimum absolute atomic E-state index is 0.215. The van der Waals surface area contributed by atoms with E-state index in [1.807, 2.05) is 41.6 Å². The average molecular weight is 374 g/mol. The van der Waals surface area contributed by atoms with E-state index in [2.05, 4.69) is 29.8 Å². The predicted molar refractivity (Wildman–Crippen MR) is 104 cm³/mol. The largest absolute Gasteiger partial charge is 0.371 e. The molecule has 1 aliphatic heterocycles. The summed E-state index contributed by atoms with van der Waals surface area (Å²) in [5, 5.41) is 0. The Labute approximate surface area is 159 Å². The highest BCUT2D eigenvalue weighted by Crippen LogP contribution is 2.29. The van der Waals surface area contributed by atoms with E-state index < -0.39 is 0 Å². The maximum Gasteiger partial charge on any atom is 0.237 e. The van der Waals surface area contributed by atoms with Gasteiger partial charge in [0.05, 0.1) is 19.8 Å². The van der Waals surface area contributed by atoms with Crippen molar-refractivity contribution >= 4 is 17.2 Å². The molecule has 3 heterocycles. The first kappa shape index (κ1) is 19.0. The number of pyridine rings is 1. The highest BCUT2D eigenvalue weighted by molar-refractivity contribution is 7.12. The van der Waals surface area contributed by atoms with Crippen molar-refractivity contribution in [1.29, 1.82) is 0 Å². The molecule has 0 radical (unpaired) electrons. The van der Waals surface area contributed by atoms with Gasteiger partial charge in [0, 0.05) is 41.3 Å². The molecule has 0 saturated carbocycles. The monoisotopic (exact) mass is 373 g/mol. The number of carbonyl (C=O) groups is 1. The smallest absolute Gasteiger partial charge is 0.237 e. The molecule has 0 fully saturated rings. The van der Waals surface area contributed by atoms with Crippen LogP contribution < -0.4 is 0 Å². The van der Waals surface area contributed by atoms with Crippen molar-refractivity contribution in [3.63, 3.8) is 0 Å². The predicted octanol–water partition coefficient (Wildman–Crippen LogP) is 3.08. The summed E-state index contributed by atoms with van der Waals surface area (Å²) in [6, 6.07) is 6.52. The van der Waals surface area contributed by atoms with Crippen LogP contribution in [0.2, 0.25) is 0 Å². The van der Waals surface area contributed by atoms with Crippen molar-refractivity contribution in [3.05, 3.63) is 51.5 Å². The van der Waals surface area contributed by atoms with Crippen molar-refractivity contribution < 1.29 is 9.53 Å². The molecule has 0 bridgehead atoms. The lowest BCUT2D eigenvalue weighted by molar-refractivity contribution is -0.133. The number of carbonyl (C=O) groups excluding carboxylic acids is 1. The summed E-state index contributed by atoms with van der Waals surface area (Å²) >= 11 is 1.81. The fourth-order valence-corrected chi connectivity index (χ4v) is 4.04. The van der Waals surface area contributed by atoms with E-state index in [9.17, 15) is 4.79 Å². The molecule has 0 saturated heterocycles. The topological polar surface area (TPSA) is 45.7 Å². The van der Waals surface area contributed by atoms with Gasteiger partial charge >= 0.3 is 0 Å². The van der Waals surface area contributed by atoms with Gasteiger partial charge in [0.2, 0.25) is 5.91 Å². The minimum atomic E-state index is 0.215. The van der Waals surface area contributed by atoms with Crippen LogP contribution >= 0.6 is 11.3 Å². The van der Waals surface area contributed by atoms with E-state index in [0.29, 0.717) is 25.8 Å². The van der Waals surface area contributed by atoms with Gasteiger partial charge < -0.3 is 9.64 Å². The third kappa shape index (κ3) is 4.90. The summed E-state index contributed by atoms with van der Waals surface area (Å²) in [7, 11) is 2.00. The van der Waals surface area contributed by atoms with Crippen molar-refractivity contribution in [3.8, 4) is 0 Å². The summed E-state index contributed by atoms with van der Waals surface area (Å²) in [5.74, 6) is 0.215. The Bertz CT molecular complexity index is 730. The van der Waals surface area contributed by atoms with Crippen LogP contribution in [0, 0.1) is 0 Å². The Morgan fingerprint density at radius 3 is 3.00 bits per heavy atom. The Kier molecular flexibility index (Phi) is 6.40. The summed E-state index contributed by atoms with van der Waals surface area (Å²) < 4.78 is 5.82. The third-order valence-corrected chi connectivity index (χ3v) is 5.98. The molecule has 0 spiro atoms. The quantitative estimate of drug-likeness (QED) is 0.748. The van der Waals surface area contributed by atoms with E-state index in [0.717, 1.165) is 25.1 Å². The molecular formula is C20H27N3O2S. The normalized spacial score (nSPS) is 14.1. The number of aromatic nitrogens is 1. The van der Waals surface area contributed by atoms with Crippen molar-refractivity contribution in [2.75, 3.05) is 20.1 Å². The van der Waals surface area contributed by atoms with E-state index >= 15 is 0 Å². The lowest BCUT2D eigenvalue weighted by Gasteiger charge is -2.30. The first-order chi connectivity index (χ1) is 12.5. The summed E-state index contributed by atoms with van der Waals surface area (Å²) in [6.07, 6.45) is 4.54. The maximum absolute atomic E-state index is 12.5. The SMILES string of the molecule is CC(C)N(C)CC(=O)N1CCc2sc(COCc3cccnc3)cc2C1. The van der Waals surface area contributed by atoms with Crippen LogP contribution in [0.5, 0.6) is 0 Å². The molecular weight excluding hydrogens is 346 g/mol. The van der Waals surface area contributed by atoms with Gasteiger partial charge in [0.15, 0.2) is 0 Å². The first-order valence-corrected chi connectivity index (χ1v) is 9.89. The molecule has 5 nitrogen and oxygen atoms in total. The van der Waals surface area contributed by atoms with Crippen molar-refractivity contribution in [2.45, 2.75) is 46.1 Å².